The third kappa shape index (κ3) is 42.9. The van der Waals surface area contributed by atoms with Crippen LogP contribution in [0.1, 0.15) is 59.3 Å². The molecule has 0 saturated carbocycles. The smallest absolute Gasteiger partial charge is 0.109 e. The van der Waals surface area contributed by atoms with Crippen molar-refractivity contribution in [2.24, 2.45) is 0 Å². The molecule has 0 N–H and O–H groups in total. The summed E-state index contributed by atoms with van der Waals surface area (Å²) in [5, 5.41) is 0.558. The summed E-state index contributed by atoms with van der Waals surface area (Å²) in [5.74, 6) is 0. The summed E-state index contributed by atoms with van der Waals surface area (Å²) in [4.78, 5) is 3.63. The van der Waals surface area contributed by atoms with E-state index in [1.54, 1.807) is 18.3 Å². The number of rotatable bonds is 3. The molecule has 1 aromatic heterocycles. The molecule has 0 spiro atoms. The van der Waals surface area contributed by atoms with Crippen molar-refractivity contribution in [3.05, 3.63) is 50.3 Å². The predicted molar refractivity (Wildman–Crippen MR) is 94.6 cm³/mol. The summed E-state index contributed by atoms with van der Waals surface area (Å²) in [6.45, 7) is 17.2. The molecule has 8 radical (unpaired) electrons. The number of hydrogen-bond acceptors (Lipinski definition) is 1. The molecule has 0 atom stereocenters. The van der Waals surface area contributed by atoms with Crippen molar-refractivity contribution < 1.29 is 0 Å². The third-order valence-corrected chi connectivity index (χ3v) is 1.85. The van der Waals surface area contributed by atoms with E-state index in [1.165, 1.54) is 19.3 Å². The van der Waals surface area contributed by atoms with Crippen LogP contribution in [0.5, 0.6) is 0 Å². The third-order valence-electron chi connectivity index (χ3n) is 1.64. The SMILES string of the molecule is Clc1[c]nccc1.[CH2]CCC.[CH2]CCC.[CH2]CCC.[Sn]. The molecule has 0 amide bonds. The standard InChI is InChI=1S/C5H3ClN.3C4H9.Sn/c6-5-2-1-3-7-4-5;3*1-3-4-2;/h1-3H;3*1,3-4H2,2H3;. The Kier molecular flexibility index (Phi) is 44.8. The number of aromatic nitrogens is 1. The molecule has 1 heterocycles. The first-order valence-electron chi connectivity index (χ1n) is 7.00. The Bertz CT molecular complexity index is 202. The number of halogens is 1. The van der Waals surface area contributed by atoms with E-state index >= 15 is 0 Å². The fourth-order valence-corrected chi connectivity index (χ4v) is 0.428. The van der Waals surface area contributed by atoms with Gasteiger partial charge in [-0.05, 0) is 12.1 Å². The Morgan fingerprint density at radius 1 is 1.00 bits per heavy atom. The van der Waals surface area contributed by atoms with Gasteiger partial charge in [-0.3, -0.25) is 4.98 Å². The minimum absolute atomic E-state index is 0. The van der Waals surface area contributed by atoms with Crippen molar-refractivity contribution in [1.82, 2.24) is 4.98 Å². The molecule has 3 heteroatoms. The van der Waals surface area contributed by atoms with Gasteiger partial charge < -0.3 is 0 Å². The Balaban J connectivity index is -0.0000000881. The van der Waals surface area contributed by atoms with E-state index in [-0.39, 0.29) is 23.9 Å². The van der Waals surface area contributed by atoms with Crippen molar-refractivity contribution in [1.29, 1.82) is 0 Å². The summed E-state index contributed by atoms with van der Waals surface area (Å²) in [6.07, 6.45) is 11.0. The number of unbranched alkanes of at least 4 members (excludes halogenated alkanes) is 3. The number of hydrogen-bond donors (Lipinski definition) is 0. The van der Waals surface area contributed by atoms with Crippen molar-refractivity contribution in [2.75, 3.05) is 0 Å². The Labute approximate surface area is 149 Å². The Hall–Kier alpha value is 0.239. The summed E-state index contributed by atoms with van der Waals surface area (Å²) >= 11 is 5.42. The Morgan fingerprint density at radius 3 is 1.45 bits per heavy atom. The normalized spacial score (nSPS) is 7.55. The van der Waals surface area contributed by atoms with Crippen LogP contribution in [0, 0.1) is 27.0 Å². The van der Waals surface area contributed by atoms with Crippen LogP contribution in [0.3, 0.4) is 0 Å². The van der Waals surface area contributed by atoms with Crippen LogP contribution >= 0.6 is 11.6 Å². The quantitative estimate of drug-likeness (QED) is 0.564. The molecule has 0 aromatic carbocycles. The van der Waals surface area contributed by atoms with Gasteiger partial charge in [-0.2, -0.15) is 0 Å². The molecule has 0 bridgehead atoms. The van der Waals surface area contributed by atoms with Gasteiger partial charge in [0, 0.05) is 30.1 Å². The fraction of sp³-hybridized carbons (Fsp3) is 0.529. The van der Waals surface area contributed by atoms with Crippen LogP contribution in [0.2, 0.25) is 5.02 Å². The molecule has 20 heavy (non-hydrogen) atoms. The van der Waals surface area contributed by atoms with Crippen molar-refractivity contribution in [3.8, 4) is 0 Å². The molecule has 1 nitrogen and oxygen atoms in total. The first-order valence-corrected chi connectivity index (χ1v) is 7.38. The molecule has 0 aliphatic carbocycles. The topological polar surface area (TPSA) is 12.9 Å². The predicted octanol–water partition coefficient (Wildman–Crippen LogP) is 6.02. The summed E-state index contributed by atoms with van der Waals surface area (Å²) in [5.41, 5.74) is 0. The number of pyridine rings is 1. The summed E-state index contributed by atoms with van der Waals surface area (Å²) in [7, 11) is 0. The van der Waals surface area contributed by atoms with Crippen LogP contribution in [0.25, 0.3) is 0 Å². The zero-order valence-corrected chi connectivity index (χ0v) is 17.0. The van der Waals surface area contributed by atoms with E-state index in [1.807, 2.05) is 0 Å². The van der Waals surface area contributed by atoms with Gasteiger partial charge in [-0.25, -0.2) is 0 Å². The van der Waals surface area contributed by atoms with Gasteiger partial charge in [0.15, 0.2) is 0 Å². The van der Waals surface area contributed by atoms with Crippen LogP contribution in [-0.2, 0) is 0 Å². The monoisotopic (exact) mass is 403 g/mol. The van der Waals surface area contributed by atoms with E-state index in [2.05, 4.69) is 52.7 Å². The molecular weight excluding hydrogens is 372 g/mol. The van der Waals surface area contributed by atoms with Gasteiger partial charge in [0.05, 0.1) is 5.02 Å². The molecule has 1 aromatic rings. The van der Waals surface area contributed by atoms with Gasteiger partial charge in [0.2, 0.25) is 0 Å². The van der Waals surface area contributed by atoms with Crippen LogP contribution in [0.15, 0.2) is 18.3 Å². The largest absolute Gasteiger partial charge is 0.253 e. The van der Waals surface area contributed by atoms with E-state index in [9.17, 15) is 0 Å². The molecular formula is C17H30ClNSn. The average Bonchev–Trinajstić information content (AvgIpc) is 2.48. The minimum Gasteiger partial charge on any atom is -0.253 e. The fourth-order valence-electron chi connectivity index (χ4n) is 0.307. The summed E-state index contributed by atoms with van der Waals surface area (Å²) < 4.78 is 0. The van der Waals surface area contributed by atoms with Gasteiger partial charge in [-0.1, -0.05) is 91.7 Å². The van der Waals surface area contributed by atoms with Crippen LogP contribution in [-0.4, -0.2) is 28.9 Å². The van der Waals surface area contributed by atoms with E-state index in [0.717, 1.165) is 19.3 Å². The number of nitrogens with zero attached hydrogens (tertiary/aromatic N) is 1. The van der Waals surface area contributed by atoms with Crippen molar-refractivity contribution in [2.45, 2.75) is 59.3 Å². The van der Waals surface area contributed by atoms with Gasteiger partial charge in [0.1, 0.15) is 6.20 Å². The second-order valence-electron chi connectivity index (χ2n) is 3.66. The van der Waals surface area contributed by atoms with Crippen molar-refractivity contribution in [3.63, 3.8) is 0 Å². The Morgan fingerprint density at radius 2 is 1.35 bits per heavy atom. The van der Waals surface area contributed by atoms with E-state index in [4.69, 9.17) is 11.6 Å². The first kappa shape index (κ1) is 28.4. The maximum Gasteiger partial charge on any atom is 0.109 e. The average molecular weight is 403 g/mol. The second kappa shape index (κ2) is 31.6. The molecule has 0 aliphatic heterocycles. The van der Waals surface area contributed by atoms with Crippen LogP contribution in [0.4, 0.5) is 0 Å². The molecule has 0 unspecified atom stereocenters. The molecule has 0 saturated heterocycles. The molecule has 0 aliphatic rings. The van der Waals surface area contributed by atoms with Gasteiger partial charge in [0.25, 0.3) is 0 Å². The first-order chi connectivity index (χ1) is 9.14. The van der Waals surface area contributed by atoms with Gasteiger partial charge >= 0.3 is 0 Å². The zero-order chi connectivity index (χ0) is 15.4. The maximum atomic E-state index is 5.42. The van der Waals surface area contributed by atoms with E-state index < -0.39 is 0 Å². The zero-order valence-electron chi connectivity index (χ0n) is 13.4. The van der Waals surface area contributed by atoms with E-state index in [0.29, 0.717) is 5.02 Å². The summed E-state index contributed by atoms with van der Waals surface area (Å²) in [6, 6.07) is 3.49. The molecule has 0 fully saturated rings. The van der Waals surface area contributed by atoms with Gasteiger partial charge in [-0.15, -0.1) is 0 Å². The minimum atomic E-state index is 0. The van der Waals surface area contributed by atoms with Crippen LogP contribution < -0.4 is 0 Å². The molecule has 1 rings (SSSR count). The molecule has 114 valence electrons. The van der Waals surface area contributed by atoms with Crippen molar-refractivity contribution >= 4 is 35.5 Å². The maximum absolute atomic E-state index is 5.42. The second-order valence-corrected chi connectivity index (χ2v) is 4.06.